The van der Waals surface area contributed by atoms with Crippen LogP contribution in [0.1, 0.15) is 67.3 Å². The molecule has 1 N–H and O–H groups in total. The first-order valence-electron chi connectivity index (χ1n) is 15.2. The van der Waals surface area contributed by atoms with E-state index in [1.54, 1.807) is 0 Å². The fraction of sp³-hybridized carbons (Fsp3) is 0.548. The number of aromatic nitrogens is 4. The van der Waals surface area contributed by atoms with Crippen molar-refractivity contribution in [2.24, 2.45) is 24.8 Å². The second kappa shape index (κ2) is 15.4. The molecule has 2 aromatic carbocycles. The van der Waals surface area contributed by atoms with Crippen LogP contribution in [0, 0.1) is 17.8 Å². The van der Waals surface area contributed by atoms with Gasteiger partial charge < -0.3 is 14.9 Å². The van der Waals surface area contributed by atoms with E-state index in [0.717, 1.165) is 16.9 Å². The van der Waals surface area contributed by atoms with Gasteiger partial charge in [-0.15, -0.1) is 17.5 Å². The van der Waals surface area contributed by atoms with Gasteiger partial charge in [0.25, 0.3) is 5.95 Å². The van der Waals surface area contributed by atoms with E-state index in [9.17, 15) is 49.4 Å². The Labute approximate surface area is 282 Å². The van der Waals surface area contributed by atoms with Gasteiger partial charge >= 0.3 is 24.5 Å². The second-order valence-corrected chi connectivity index (χ2v) is 12.5. The van der Waals surface area contributed by atoms with Crippen molar-refractivity contribution < 1.29 is 49.4 Å². The van der Waals surface area contributed by atoms with E-state index < -0.39 is 65.8 Å². The Kier molecular flexibility index (Phi) is 12.5. The van der Waals surface area contributed by atoms with Crippen molar-refractivity contribution in [2.45, 2.75) is 71.1 Å². The second-order valence-electron chi connectivity index (χ2n) is 12.5. The maximum absolute atomic E-state index is 14.0. The molecule has 0 radical (unpaired) electrons. The highest BCUT2D eigenvalue weighted by Crippen LogP contribution is 2.39. The third kappa shape index (κ3) is 10.6. The molecule has 1 saturated carbocycles. The normalized spacial score (nSPS) is 17.2. The summed E-state index contributed by atoms with van der Waals surface area (Å²) in [5.41, 5.74) is -4.04. The Balaban J connectivity index is 0.00000650. The van der Waals surface area contributed by atoms with Crippen LogP contribution in [0.4, 0.5) is 51.1 Å². The predicted molar refractivity (Wildman–Crippen MR) is 164 cm³/mol. The highest BCUT2D eigenvalue weighted by atomic mass is 35.5. The summed E-state index contributed by atoms with van der Waals surface area (Å²) in [6, 6.07) is 4.21. The molecule has 1 aromatic heterocycles. The standard InChI is InChI=1S/C31H35F9N6O2.ClH/c1-18(2)14-45(15-19-4-6-21(7-5-19)27(47)48)26-9-8-23(29(32,33)34)12-22(26)17-46(28-41-43-44(3)42-28)16-20-10-24(30(35,36)37)13-25(11-20)31(38,39)40;/h8-13,18-19,21H,4-7,14-17H2,1-3H3,(H,47,48);1H. The Morgan fingerprint density at radius 2 is 1.43 bits per heavy atom. The molecule has 0 spiro atoms. The van der Waals surface area contributed by atoms with E-state index in [1.807, 2.05) is 18.7 Å². The van der Waals surface area contributed by atoms with Crippen LogP contribution >= 0.6 is 12.4 Å². The summed E-state index contributed by atoms with van der Waals surface area (Å²) in [6.45, 7) is 3.58. The lowest BCUT2D eigenvalue weighted by atomic mass is 9.81. The van der Waals surface area contributed by atoms with Gasteiger partial charge in [0, 0.05) is 31.9 Å². The number of hydrogen-bond donors (Lipinski definition) is 1. The third-order valence-electron chi connectivity index (χ3n) is 8.17. The summed E-state index contributed by atoms with van der Waals surface area (Å²) in [5.74, 6) is -1.49. The van der Waals surface area contributed by atoms with Gasteiger partial charge in [-0.05, 0) is 90.3 Å². The minimum Gasteiger partial charge on any atom is -0.481 e. The number of carbonyl (C=O) groups is 1. The molecular weight excluding hydrogens is 695 g/mol. The maximum atomic E-state index is 14.0. The molecule has 0 aliphatic heterocycles. The van der Waals surface area contributed by atoms with Gasteiger partial charge in [-0.3, -0.25) is 4.79 Å². The smallest absolute Gasteiger partial charge is 0.416 e. The van der Waals surface area contributed by atoms with Gasteiger partial charge in [0.1, 0.15) is 0 Å². The number of anilines is 2. The van der Waals surface area contributed by atoms with E-state index in [-0.39, 0.29) is 41.8 Å². The zero-order valence-corrected chi connectivity index (χ0v) is 27.5. The Hall–Kier alpha value is -3.76. The monoisotopic (exact) mass is 730 g/mol. The summed E-state index contributed by atoms with van der Waals surface area (Å²) in [7, 11) is 1.37. The van der Waals surface area contributed by atoms with Gasteiger partial charge in [0.05, 0.1) is 29.7 Å². The van der Waals surface area contributed by atoms with Crippen molar-refractivity contribution in [3.8, 4) is 0 Å². The Morgan fingerprint density at radius 3 is 1.90 bits per heavy atom. The van der Waals surface area contributed by atoms with Gasteiger partial charge in [-0.2, -0.15) is 44.3 Å². The highest BCUT2D eigenvalue weighted by Gasteiger charge is 2.38. The lowest BCUT2D eigenvalue weighted by molar-refractivity contribution is -0.144. The minimum absolute atomic E-state index is 0. The van der Waals surface area contributed by atoms with Crippen LogP contribution in [-0.4, -0.2) is 44.4 Å². The molecule has 1 heterocycles. The SMILES string of the molecule is CC(C)CN(CC1CCC(C(=O)O)CC1)c1ccc(C(F)(F)F)cc1CN(Cc1cc(C(F)(F)F)cc(C(F)(F)F)c1)c1nnn(C)n1.Cl. The largest absolute Gasteiger partial charge is 0.481 e. The number of benzene rings is 2. The lowest BCUT2D eigenvalue weighted by Crippen LogP contribution is -2.36. The third-order valence-corrected chi connectivity index (χ3v) is 8.17. The van der Waals surface area contributed by atoms with Crippen LogP contribution in [0.2, 0.25) is 0 Å². The number of nitrogens with zero attached hydrogens (tertiary/aromatic N) is 6. The molecule has 272 valence electrons. The van der Waals surface area contributed by atoms with Gasteiger partial charge in [-0.1, -0.05) is 18.9 Å². The molecule has 49 heavy (non-hydrogen) atoms. The summed E-state index contributed by atoms with van der Waals surface area (Å²) < 4.78 is 124. The zero-order valence-electron chi connectivity index (χ0n) is 26.7. The summed E-state index contributed by atoms with van der Waals surface area (Å²) in [5, 5.41) is 21.0. The number of halogens is 10. The number of carboxylic acid groups (broad SMARTS) is 1. The fourth-order valence-corrected chi connectivity index (χ4v) is 5.95. The number of alkyl halides is 9. The Morgan fingerprint density at radius 1 is 0.857 bits per heavy atom. The Bertz CT molecular complexity index is 1540. The van der Waals surface area contributed by atoms with Crippen LogP contribution < -0.4 is 9.80 Å². The van der Waals surface area contributed by atoms with E-state index in [0.29, 0.717) is 56.6 Å². The first-order valence-corrected chi connectivity index (χ1v) is 15.2. The number of tetrazole rings is 1. The van der Waals surface area contributed by atoms with Crippen molar-refractivity contribution >= 4 is 30.0 Å². The van der Waals surface area contributed by atoms with Crippen molar-refractivity contribution in [3.05, 3.63) is 64.2 Å². The van der Waals surface area contributed by atoms with Gasteiger partial charge in [0.15, 0.2) is 0 Å². The summed E-state index contributed by atoms with van der Waals surface area (Å²) in [4.78, 5) is 15.5. The number of rotatable bonds is 11. The van der Waals surface area contributed by atoms with Crippen LogP contribution in [0.25, 0.3) is 0 Å². The molecule has 0 unspecified atom stereocenters. The summed E-state index contributed by atoms with van der Waals surface area (Å²) in [6.07, 6.45) is -12.9. The van der Waals surface area contributed by atoms with Crippen molar-refractivity contribution in [1.29, 1.82) is 0 Å². The first-order chi connectivity index (χ1) is 22.2. The van der Waals surface area contributed by atoms with E-state index >= 15 is 0 Å². The van der Waals surface area contributed by atoms with Crippen molar-refractivity contribution in [3.63, 3.8) is 0 Å². The lowest BCUT2D eigenvalue weighted by Gasteiger charge is -2.36. The number of carboxylic acids is 1. The molecule has 0 amide bonds. The number of hydrogen-bond acceptors (Lipinski definition) is 6. The topological polar surface area (TPSA) is 87.4 Å². The van der Waals surface area contributed by atoms with E-state index in [2.05, 4.69) is 15.4 Å². The quantitative estimate of drug-likeness (QED) is 0.199. The average Bonchev–Trinajstić information content (AvgIpc) is 3.41. The molecule has 0 bridgehead atoms. The summed E-state index contributed by atoms with van der Waals surface area (Å²) >= 11 is 0. The number of aryl methyl sites for hydroxylation is 1. The van der Waals surface area contributed by atoms with Crippen molar-refractivity contribution in [1.82, 2.24) is 20.2 Å². The van der Waals surface area contributed by atoms with Crippen LogP contribution in [0.5, 0.6) is 0 Å². The fourth-order valence-electron chi connectivity index (χ4n) is 5.95. The van der Waals surface area contributed by atoms with Gasteiger partial charge in [-0.25, -0.2) is 0 Å². The number of aliphatic carboxylic acids is 1. The molecule has 0 saturated heterocycles. The zero-order chi connectivity index (χ0) is 35.6. The van der Waals surface area contributed by atoms with Crippen LogP contribution in [0.3, 0.4) is 0 Å². The molecule has 8 nitrogen and oxygen atoms in total. The molecular formula is C31H36ClF9N6O2. The molecule has 18 heteroatoms. The van der Waals surface area contributed by atoms with E-state index in [1.165, 1.54) is 18.0 Å². The maximum Gasteiger partial charge on any atom is 0.416 e. The minimum atomic E-state index is -5.11. The van der Waals surface area contributed by atoms with Crippen LogP contribution in [-0.2, 0) is 43.5 Å². The molecule has 1 aliphatic rings. The van der Waals surface area contributed by atoms with Crippen molar-refractivity contribution in [2.75, 3.05) is 22.9 Å². The molecule has 1 aliphatic carbocycles. The highest BCUT2D eigenvalue weighted by molar-refractivity contribution is 5.85. The molecule has 4 rings (SSSR count). The first kappa shape index (κ1) is 39.7. The van der Waals surface area contributed by atoms with Gasteiger partial charge in [0.2, 0.25) is 0 Å². The van der Waals surface area contributed by atoms with E-state index in [4.69, 9.17) is 0 Å². The van der Waals surface area contributed by atoms with Crippen LogP contribution in [0.15, 0.2) is 36.4 Å². The molecule has 0 atom stereocenters. The predicted octanol–water partition coefficient (Wildman–Crippen LogP) is 8.25. The molecule has 3 aromatic rings. The molecule has 1 fully saturated rings. The average molecular weight is 731 g/mol.